The minimum atomic E-state index is -4.66. The Kier molecular flexibility index (Phi) is 3.40. The first-order valence-corrected chi connectivity index (χ1v) is 7.70. The highest BCUT2D eigenvalue weighted by atomic mass is 35.5. The van der Waals surface area contributed by atoms with Crippen molar-refractivity contribution in [2.75, 3.05) is 0 Å². The predicted molar refractivity (Wildman–Crippen MR) is 90.3 cm³/mol. The summed E-state index contributed by atoms with van der Waals surface area (Å²) in [5, 5.41) is 11.4. The Morgan fingerprint density at radius 2 is 1.68 bits per heavy atom. The molecule has 0 atom stereocenters. The highest BCUT2D eigenvalue weighted by Gasteiger charge is 2.38. The van der Waals surface area contributed by atoms with Gasteiger partial charge in [-0.15, -0.1) is 0 Å². The first kappa shape index (κ1) is 15.8. The number of hydrogen-bond acceptors (Lipinski definition) is 2. The summed E-state index contributed by atoms with van der Waals surface area (Å²) in [6.07, 6.45) is -4.66. The molecule has 4 rings (SSSR count). The van der Waals surface area contributed by atoms with Crippen molar-refractivity contribution in [1.29, 1.82) is 0 Å². The zero-order valence-corrected chi connectivity index (χ0v) is 13.3. The molecule has 0 saturated heterocycles. The zero-order valence-electron chi connectivity index (χ0n) is 12.5. The number of aromatic hydroxyl groups is 1. The third-order valence-corrected chi connectivity index (χ3v) is 4.31. The first-order chi connectivity index (χ1) is 11.9. The van der Waals surface area contributed by atoms with E-state index in [2.05, 4.69) is 4.98 Å². The van der Waals surface area contributed by atoms with Gasteiger partial charge in [0.15, 0.2) is 0 Å². The van der Waals surface area contributed by atoms with Crippen LogP contribution in [0.1, 0.15) is 5.82 Å². The molecule has 1 aromatic heterocycles. The third kappa shape index (κ3) is 2.49. The molecule has 4 aromatic rings. The molecule has 0 aliphatic heterocycles. The Morgan fingerprint density at radius 3 is 2.40 bits per heavy atom. The van der Waals surface area contributed by atoms with Gasteiger partial charge < -0.3 is 5.11 Å². The number of imidazole rings is 1. The van der Waals surface area contributed by atoms with Gasteiger partial charge in [0, 0.05) is 21.9 Å². The van der Waals surface area contributed by atoms with E-state index in [1.165, 1.54) is 24.3 Å². The molecule has 3 aromatic carbocycles. The van der Waals surface area contributed by atoms with Gasteiger partial charge in [0.05, 0.1) is 16.7 Å². The maximum absolute atomic E-state index is 13.6. The molecule has 1 N–H and O–H groups in total. The van der Waals surface area contributed by atoms with Crippen LogP contribution in [0.4, 0.5) is 13.2 Å². The van der Waals surface area contributed by atoms with Gasteiger partial charge >= 0.3 is 6.18 Å². The van der Waals surface area contributed by atoms with Crippen LogP contribution in [-0.4, -0.2) is 14.7 Å². The van der Waals surface area contributed by atoms with E-state index in [4.69, 9.17) is 11.6 Å². The topological polar surface area (TPSA) is 38.1 Å². The summed E-state index contributed by atoms with van der Waals surface area (Å²) in [6.45, 7) is 0. The van der Waals surface area contributed by atoms with Crippen molar-refractivity contribution in [3.8, 4) is 11.4 Å². The van der Waals surface area contributed by atoms with Crippen LogP contribution in [0.5, 0.6) is 5.75 Å². The lowest BCUT2D eigenvalue weighted by Gasteiger charge is -2.14. The van der Waals surface area contributed by atoms with Gasteiger partial charge in [0.1, 0.15) is 5.75 Å². The van der Waals surface area contributed by atoms with Crippen LogP contribution in [0, 0.1) is 0 Å². The van der Waals surface area contributed by atoms with Gasteiger partial charge in [-0.25, -0.2) is 4.98 Å². The zero-order chi connectivity index (χ0) is 17.8. The fraction of sp³-hybridized carbons (Fsp3) is 0.0556. The lowest BCUT2D eigenvalue weighted by Crippen LogP contribution is -2.14. The second kappa shape index (κ2) is 5.39. The van der Waals surface area contributed by atoms with Crippen molar-refractivity contribution in [2.45, 2.75) is 6.18 Å². The smallest absolute Gasteiger partial charge is 0.450 e. The summed E-state index contributed by atoms with van der Waals surface area (Å²) >= 11 is 6.18. The molecule has 0 bridgehead atoms. The first-order valence-electron chi connectivity index (χ1n) is 7.32. The van der Waals surface area contributed by atoms with E-state index in [0.717, 1.165) is 4.57 Å². The van der Waals surface area contributed by atoms with Crippen molar-refractivity contribution in [2.24, 2.45) is 0 Å². The maximum Gasteiger partial charge on any atom is 0.450 e. The number of alkyl halides is 3. The fourth-order valence-electron chi connectivity index (χ4n) is 2.94. The van der Waals surface area contributed by atoms with E-state index >= 15 is 0 Å². The summed E-state index contributed by atoms with van der Waals surface area (Å²) in [4.78, 5) is 3.72. The van der Waals surface area contributed by atoms with Crippen molar-refractivity contribution < 1.29 is 18.3 Å². The number of rotatable bonds is 1. The Labute approximate surface area is 144 Å². The van der Waals surface area contributed by atoms with Gasteiger partial charge in [-0.05, 0) is 24.3 Å². The number of aromatic nitrogens is 2. The molecule has 0 radical (unpaired) electrons. The summed E-state index contributed by atoms with van der Waals surface area (Å²) in [6, 6.07) is 13.9. The molecule has 0 aliphatic carbocycles. The highest BCUT2D eigenvalue weighted by Crippen LogP contribution is 2.37. The Bertz CT molecular complexity index is 1120. The summed E-state index contributed by atoms with van der Waals surface area (Å²) in [7, 11) is 0. The minimum Gasteiger partial charge on any atom is -0.508 e. The SMILES string of the molecule is Oc1ccc2nc(C(F)(F)F)n(-c3ccc(Cl)c4ccccc34)c2c1. The average molecular weight is 363 g/mol. The van der Waals surface area contributed by atoms with E-state index in [1.807, 2.05) is 0 Å². The Morgan fingerprint density at radius 1 is 0.960 bits per heavy atom. The molecular weight excluding hydrogens is 353 g/mol. The standard InChI is InChI=1S/C18H10ClF3N2O/c19-13-6-8-15(12-4-2-1-3-11(12)13)24-16-9-10(25)5-7-14(16)23-17(24)18(20,21)22/h1-9,25H. The normalized spacial score (nSPS) is 12.2. The molecular formula is C18H10ClF3N2O. The van der Waals surface area contributed by atoms with Gasteiger partial charge in [0.2, 0.25) is 5.82 Å². The molecule has 0 aliphatic rings. The van der Waals surface area contributed by atoms with Crippen LogP contribution in [0.3, 0.4) is 0 Å². The van der Waals surface area contributed by atoms with Crippen LogP contribution in [0.25, 0.3) is 27.5 Å². The number of nitrogens with zero attached hydrogens (tertiary/aromatic N) is 2. The maximum atomic E-state index is 13.6. The molecule has 0 unspecified atom stereocenters. The molecule has 0 spiro atoms. The number of halogens is 4. The number of phenolic OH excluding ortho intramolecular Hbond substituents is 1. The summed E-state index contributed by atoms with van der Waals surface area (Å²) in [5.41, 5.74) is 0.601. The molecule has 25 heavy (non-hydrogen) atoms. The molecule has 0 fully saturated rings. The van der Waals surface area contributed by atoms with Crippen LogP contribution in [0.2, 0.25) is 5.02 Å². The lowest BCUT2D eigenvalue weighted by atomic mass is 10.1. The van der Waals surface area contributed by atoms with Crippen LogP contribution < -0.4 is 0 Å². The number of benzene rings is 3. The van der Waals surface area contributed by atoms with E-state index in [-0.39, 0.29) is 16.8 Å². The summed E-state index contributed by atoms with van der Waals surface area (Å²) in [5.74, 6) is -1.19. The Hall–Kier alpha value is -2.73. The lowest BCUT2D eigenvalue weighted by molar-refractivity contribution is -0.145. The van der Waals surface area contributed by atoms with E-state index < -0.39 is 12.0 Å². The van der Waals surface area contributed by atoms with Crippen molar-refractivity contribution >= 4 is 33.4 Å². The predicted octanol–water partition coefficient (Wildman–Crippen LogP) is 5.56. The monoisotopic (exact) mass is 362 g/mol. The number of fused-ring (bicyclic) bond motifs is 2. The molecule has 0 saturated carbocycles. The third-order valence-electron chi connectivity index (χ3n) is 3.98. The number of phenols is 1. The van der Waals surface area contributed by atoms with E-state index in [9.17, 15) is 18.3 Å². The van der Waals surface area contributed by atoms with Crippen LogP contribution >= 0.6 is 11.6 Å². The quantitative estimate of drug-likeness (QED) is 0.481. The summed E-state index contributed by atoms with van der Waals surface area (Å²) < 4.78 is 41.7. The second-order valence-electron chi connectivity index (χ2n) is 5.55. The van der Waals surface area contributed by atoms with Gasteiger partial charge in [0.25, 0.3) is 0 Å². The largest absolute Gasteiger partial charge is 0.508 e. The average Bonchev–Trinajstić information content (AvgIpc) is 2.94. The molecule has 0 amide bonds. The highest BCUT2D eigenvalue weighted by molar-refractivity contribution is 6.35. The molecule has 7 heteroatoms. The van der Waals surface area contributed by atoms with Crippen molar-refractivity contribution in [3.63, 3.8) is 0 Å². The number of hydrogen-bond donors (Lipinski definition) is 1. The Balaban J connectivity index is 2.18. The minimum absolute atomic E-state index is 0.138. The van der Waals surface area contributed by atoms with E-state index in [0.29, 0.717) is 21.5 Å². The van der Waals surface area contributed by atoms with Gasteiger partial charge in [-0.2, -0.15) is 13.2 Å². The van der Waals surface area contributed by atoms with Crippen LogP contribution in [0.15, 0.2) is 54.6 Å². The molecule has 126 valence electrons. The van der Waals surface area contributed by atoms with E-state index in [1.54, 1.807) is 30.3 Å². The second-order valence-corrected chi connectivity index (χ2v) is 5.96. The fourth-order valence-corrected chi connectivity index (χ4v) is 3.17. The van der Waals surface area contributed by atoms with Gasteiger partial charge in [-0.3, -0.25) is 4.57 Å². The van der Waals surface area contributed by atoms with Gasteiger partial charge in [-0.1, -0.05) is 35.9 Å². The van der Waals surface area contributed by atoms with Crippen molar-refractivity contribution in [1.82, 2.24) is 9.55 Å². The van der Waals surface area contributed by atoms with Crippen LogP contribution in [-0.2, 0) is 6.18 Å². The van der Waals surface area contributed by atoms with Crippen molar-refractivity contribution in [3.05, 3.63) is 65.4 Å². The molecule has 1 heterocycles. The molecule has 3 nitrogen and oxygen atoms in total.